The summed E-state index contributed by atoms with van der Waals surface area (Å²) in [6.45, 7) is 6.90. The van der Waals surface area contributed by atoms with E-state index in [4.69, 9.17) is 11.6 Å². The summed E-state index contributed by atoms with van der Waals surface area (Å²) in [5, 5.41) is 7.19. The Labute approximate surface area is 124 Å². The molecule has 0 radical (unpaired) electrons. The van der Waals surface area contributed by atoms with E-state index >= 15 is 0 Å². The fourth-order valence-electron chi connectivity index (χ4n) is 1.77. The molecule has 2 rings (SSSR count). The van der Waals surface area contributed by atoms with Gasteiger partial charge in [-0.3, -0.25) is 0 Å². The summed E-state index contributed by atoms with van der Waals surface area (Å²) in [5.74, 6) is 1.41. The van der Waals surface area contributed by atoms with Crippen LogP contribution in [-0.4, -0.2) is 16.5 Å². The van der Waals surface area contributed by atoms with Crippen molar-refractivity contribution in [3.05, 3.63) is 40.5 Å². The first kappa shape index (κ1) is 14.6. The zero-order chi connectivity index (χ0) is 14.5. The van der Waals surface area contributed by atoms with Crippen molar-refractivity contribution in [2.75, 3.05) is 17.2 Å². The van der Waals surface area contributed by atoms with E-state index in [1.165, 1.54) is 0 Å². The van der Waals surface area contributed by atoms with Crippen LogP contribution in [0.4, 0.5) is 17.5 Å². The van der Waals surface area contributed by atoms with Gasteiger partial charge in [0.1, 0.15) is 5.82 Å². The molecule has 1 aromatic carbocycles. The lowest BCUT2D eigenvalue weighted by Crippen LogP contribution is -2.06. The van der Waals surface area contributed by atoms with Crippen molar-refractivity contribution in [2.45, 2.75) is 27.2 Å². The second-order valence-electron chi connectivity index (χ2n) is 4.73. The molecule has 2 aromatic rings. The number of rotatable bonds is 5. The normalized spacial score (nSPS) is 10.4. The van der Waals surface area contributed by atoms with Crippen molar-refractivity contribution < 1.29 is 0 Å². The SMILES string of the molecule is CCCNc1nc(C)cc(Nc2ccc(C)c(Cl)c2)n1. The Morgan fingerprint density at radius 3 is 2.65 bits per heavy atom. The van der Waals surface area contributed by atoms with Gasteiger partial charge in [-0.15, -0.1) is 0 Å². The first-order chi connectivity index (χ1) is 9.58. The van der Waals surface area contributed by atoms with Gasteiger partial charge in [-0.25, -0.2) is 4.98 Å². The number of anilines is 3. The van der Waals surface area contributed by atoms with Crippen LogP contribution in [0.15, 0.2) is 24.3 Å². The lowest BCUT2D eigenvalue weighted by molar-refractivity contribution is 0.947. The van der Waals surface area contributed by atoms with E-state index in [0.29, 0.717) is 5.95 Å². The molecule has 0 saturated heterocycles. The molecular weight excluding hydrogens is 272 g/mol. The van der Waals surface area contributed by atoms with Gasteiger partial charge >= 0.3 is 0 Å². The van der Waals surface area contributed by atoms with Crippen molar-refractivity contribution in [3.63, 3.8) is 0 Å². The third-order valence-corrected chi connectivity index (χ3v) is 3.24. The molecule has 0 aliphatic carbocycles. The Balaban J connectivity index is 2.19. The minimum Gasteiger partial charge on any atom is -0.354 e. The topological polar surface area (TPSA) is 49.8 Å². The monoisotopic (exact) mass is 290 g/mol. The van der Waals surface area contributed by atoms with Gasteiger partial charge in [-0.1, -0.05) is 24.6 Å². The van der Waals surface area contributed by atoms with Gasteiger partial charge in [-0.2, -0.15) is 4.98 Å². The highest BCUT2D eigenvalue weighted by atomic mass is 35.5. The number of hydrogen-bond acceptors (Lipinski definition) is 4. The highest BCUT2D eigenvalue weighted by Gasteiger charge is 2.03. The van der Waals surface area contributed by atoms with Crippen LogP contribution in [0, 0.1) is 13.8 Å². The number of nitrogens with zero attached hydrogens (tertiary/aromatic N) is 2. The van der Waals surface area contributed by atoms with Gasteiger partial charge in [-0.05, 0) is 38.0 Å². The van der Waals surface area contributed by atoms with Crippen molar-refractivity contribution in [3.8, 4) is 0 Å². The first-order valence-corrected chi connectivity index (χ1v) is 7.09. The maximum Gasteiger partial charge on any atom is 0.224 e. The molecule has 0 unspecified atom stereocenters. The van der Waals surface area contributed by atoms with E-state index in [1.54, 1.807) is 0 Å². The van der Waals surface area contributed by atoms with Crippen LogP contribution >= 0.6 is 11.6 Å². The van der Waals surface area contributed by atoms with Crippen LogP contribution in [-0.2, 0) is 0 Å². The first-order valence-electron chi connectivity index (χ1n) is 6.71. The summed E-state index contributed by atoms with van der Waals surface area (Å²) in [7, 11) is 0. The third-order valence-electron chi connectivity index (χ3n) is 2.83. The van der Waals surface area contributed by atoms with Gasteiger partial charge in [0.25, 0.3) is 0 Å². The molecule has 4 nitrogen and oxygen atoms in total. The van der Waals surface area contributed by atoms with Crippen LogP contribution in [0.2, 0.25) is 5.02 Å². The van der Waals surface area contributed by atoms with E-state index < -0.39 is 0 Å². The number of halogens is 1. The van der Waals surface area contributed by atoms with Crippen LogP contribution in [0.3, 0.4) is 0 Å². The number of aromatic nitrogens is 2. The highest BCUT2D eigenvalue weighted by molar-refractivity contribution is 6.31. The molecule has 0 amide bonds. The Morgan fingerprint density at radius 2 is 1.95 bits per heavy atom. The molecule has 0 aliphatic heterocycles. The fourth-order valence-corrected chi connectivity index (χ4v) is 1.95. The Hall–Kier alpha value is -1.81. The molecule has 1 heterocycles. The van der Waals surface area contributed by atoms with Crippen molar-refractivity contribution in [1.29, 1.82) is 0 Å². The summed E-state index contributed by atoms with van der Waals surface area (Å²) in [6, 6.07) is 7.77. The Kier molecular flexibility index (Phi) is 4.79. The van der Waals surface area contributed by atoms with Crippen LogP contribution in [0.1, 0.15) is 24.6 Å². The van der Waals surface area contributed by atoms with Gasteiger partial charge in [0.15, 0.2) is 0 Å². The van der Waals surface area contributed by atoms with Gasteiger partial charge < -0.3 is 10.6 Å². The smallest absolute Gasteiger partial charge is 0.224 e. The predicted molar refractivity (Wildman–Crippen MR) is 85.0 cm³/mol. The van der Waals surface area contributed by atoms with Gasteiger partial charge in [0.05, 0.1) is 0 Å². The van der Waals surface area contributed by atoms with Crippen molar-refractivity contribution in [1.82, 2.24) is 9.97 Å². The van der Waals surface area contributed by atoms with Crippen LogP contribution in [0.5, 0.6) is 0 Å². The van der Waals surface area contributed by atoms with Crippen molar-refractivity contribution >= 4 is 29.1 Å². The summed E-state index contributed by atoms with van der Waals surface area (Å²) < 4.78 is 0. The molecule has 0 spiro atoms. The average Bonchev–Trinajstić information content (AvgIpc) is 2.40. The van der Waals surface area contributed by atoms with Crippen molar-refractivity contribution in [2.24, 2.45) is 0 Å². The lowest BCUT2D eigenvalue weighted by Gasteiger charge is -2.10. The molecule has 0 atom stereocenters. The largest absolute Gasteiger partial charge is 0.354 e. The Bertz CT molecular complexity index is 598. The number of hydrogen-bond donors (Lipinski definition) is 2. The molecule has 0 aliphatic rings. The zero-order valence-electron chi connectivity index (χ0n) is 12.0. The molecule has 2 N–H and O–H groups in total. The van der Waals surface area contributed by atoms with Gasteiger partial charge in [0.2, 0.25) is 5.95 Å². The van der Waals surface area contributed by atoms with E-state index in [2.05, 4.69) is 27.5 Å². The van der Waals surface area contributed by atoms with Crippen LogP contribution < -0.4 is 10.6 Å². The summed E-state index contributed by atoms with van der Waals surface area (Å²) in [5.41, 5.74) is 2.89. The summed E-state index contributed by atoms with van der Waals surface area (Å²) in [6.07, 6.45) is 1.04. The molecule has 0 fully saturated rings. The minimum absolute atomic E-state index is 0.646. The third kappa shape index (κ3) is 3.84. The van der Waals surface area contributed by atoms with Crippen LogP contribution in [0.25, 0.3) is 0 Å². The molecule has 5 heteroatoms. The fraction of sp³-hybridized carbons (Fsp3) is 0.333. The average molecular weight is 291 g/mol. The van der Waals surface area contributed by atoms with Gasteiger partial charge in [0, 0.05) is 29.0 Å². The highest BCUT2D eigenvalue weighted by Crippen LogP contribution is 2.23. The maximum atomic E-state index is 6.13. The van der Waals surface area contributed by atoms with E-state index in [0.717, 1.165) is 40.8 Å². The summed E-state index contributed by atoms with van der Waals surface area (Å²) in [4.78, 5) is 8.80. The molecule has 1 aromatic heterocycles. The molecular formula is C15H19ClN4. The maximum absolute atomic E-state index is 6.13. The summed E-state index contributed by atoms with van der Waals surface area (Å²) >= 11 is 6.13. The lowest BCUT2D eigenvalue weighted by atomic mass is 10.2. The van der Waals surface area contributed by atoms with E-state index in [-0.39, 0.29) is 0 Å². The zero-order valence-corrected chi connectivity index (χ0v) is 12.8. The second kappa shape index (κ2) is 6.57. The molecule has 0 bridgehead atoms. The Morgan fingerprint density at radius 1 is 1.15 bits per heavy atom. The molecule has 0 saturated carbocycles. The second-order valence-corrected chi connectivity index (χ2v) is 5.14. The predicted octanol–water partition coefficient (Wildman–Crippen LogP) is 4.31. The number of nitrogens with one attached hydrogen (secondary N) is 2. The number of benzene rings is 1. The molecule has 106 valence electrons. The minimum atomic E-state index is 0.646. The number of aryl methyl sites for hydroxylation is 2. The van der Waals surface area contributed by atoms with E-state index in [1.807, 2.05) is 38.1 Å². The quantitative estimate of drug-likeness (QED) is 0.861. The molecule has 20 heavy (non-hydrogen) atoms. The van der Waals surface area contributed by atoms with E-state index in [9.17, 15) is 0 Å². The standard InChI is InChI=1S/C15H19ClN4/c1-4-7-17-15-18-11(3)8-14(20-15)19-12-6-5-10(2)13(16)9-12/h5-6,8-9H,4,7H2,1-3H3,(H2,17,18,19,20).